The molecule has 0 unspecified atom stereocenters. The van der Waals surface area contributed by atoms with E-state index in [-0.39, 0.29) is 18.0 Å². The summed E-state index contributed by atoms with van der Waals surface area (Å²) < 4.78 is 26.1. The SMILES string of the molecule is CCOC(=O)CCn1c(=NC(=O)c2ccc(F)cc2)sc2ccc(OC)cc21. The van der Waals surface area contributed by atoms with Crippen LogP contribution in [0, 0.1) is 5.82 Å². The van der Waals surface area contributed by atoms with E-state index in [0.29, 0.717) is 23.7 Å². The highest BCUT2D eigenvalue weighted by atomic mass is 32.1. The summed E-state index contributed by atoms with van der Waals surface area (Å²) in [5.41, 5.74) is 1.09. The first-order chi connectivity index (χ1) is 13.5. The summed E-state index contributed by atoms with van der Waals surface area (Å²) in [5, 5.41) is 0. The van der Waals surface area contributed by atoms with Crippen molar-refractivity contribution in [1.29, 1.82) is 0 Å². The van der Waals surface area contributed by atoms with Gasteiger partial charge in [0.05, 0.1) is 30.4 Å². The number of aryl methyl sites for hydroxylation is 1. The van der Waals surface area contributed by atoms with Gasteiger partial charge in [-0.25, -0.2) is 4.39 Å². The zero-order valence-electron chi connectivity index (χ0n) is 15.5. The zero-order valence-corrected chi connectivity index (χ0v) is 16.3. The van der Waals surface area contributed by atoms with Gasteiger partial charge in [0, 0.05) is 18.2 Å². The highest BCUT2D eigenvalue weighted by Gasteiger charge is 2.12. The van der Waals surface area contributed by atoms with Crippen LogP contribution in [0.15, 0.2) is 47.5 Å². The Bertz CT molecular complexity index is 1070. The molecular weight excluding hydrogens is 383 g/mol. The highest BCUT2D eigenvalue weighted by molar-refractivity contribution is 7.16. The summed E-state index contributed by atoms with van der Waals surface area (Å²) in [6.07, 6.45) is 0.148. The van der Waals surface area contributed by atoms with E-state index in [1.807, 2.05) is 18.2 Å². The second-order valence-electron chi connectivity index (χ2n) is 5.85. The minimum atomic E-state index is -0.483. The van der Waals surface area contributed by atoms with E-state index in [0.717, 1.165) is 10.2 Å². The Morgan fingerprint density at radius 2 is 1.93 bits per heavy atom. The quantitative estimate of drug-likeness (QED) is 0.592. The smallest absolute Gasteiger partial charge is 0.307 e. The standard InChI is InChI=1S/C20H19FN2O4S/c1-3-27-18(24)10-11-23-16-12-15(26-2)8-9-17(16)28-20(23)22-19(25)13-4-6-14(21)7-5-13/h4-9,12H,3,10-11H2,1-2H3. The molecule has 0 saturated heterocycles. The summed E-state index contributed by atoms with van der Waals surface area (Å²) in [5.74, 6) is -0.571. The molecule has 3 aromatic rings. The highest BCUT2D eigenvalue weighted by Crippen LogP contribution is 2.23. The number of ether oxygens (including phenoxy) is 2. The first kappa shape index (κ1) is 19.8. The molecule has 8 heteroatoms. The van der Waals surface area contributed by atoms with E-state index in [4.69, 9.17) is 9.47 Å². The number of aromatic nitrogens is 1. The zero-order chi connectivity index (χ0) is 20.1. The number of hydrogen-bond donors (Lipinski definition) is 0. The fourth-order valence-electron chi connectivity index (χ4n) is 2.66. The molecule has 3 rings (SSSR count). The molecule has 0 radical (unpaired) electrons. The molecule has 0 aliphatic carbocycles. The predicted molar refractivity (Wildman–Crippen MR) is 104 cm³/mol. The average Bonchev–Trinajstić information content (AvgIpc) is 3.03. The number of amides is 1. The van der Waals surface area contributed by atoms with Crippen molar-refractivity contribution >= 4 is 33.4 Å². The largest absolute Gasteiger partial charge is 0.497 e. The summed E-state index contributed by atoms with van der Waals surface area (Å²) in [6.45, 7) is 2.36. The number of hydrogen-bond acceptors (Lipinski definition) is 5. The Morgan fingerprint density at radius 1 is 1.18 bits per heavy atom. The molecule has 0 N–H and O–H groups in total. The summed E-state index contributed by atoms with van der Waals surface area (Å²) in [4.78, 5) is 28.9. The second-order valence-corrected chi connectivity index (χ2v) is 6.86. The average molecular weight is 402 g/mol. The van der Waals surface area contributed by atoms with Gasteiger partial charge in [-0.15, -0.1) is 0 Å². The summed E-state index contributed by atoms with van der Waals surface area (Å²) in [7, 11) is 1.57. The monoisotopic (exact) mass is 402 g/mol. The number of methoxy groups -OCH3 is 1. The lowest BCUT2D eigenvalue weighted by Gasteiger charge is -2.06. The number of carbonyl (C=O) groups excluding carboxylic acids is 2. The molecule has 146 valence electrons. The van der Waals surface area contributed by atoms with E-state index >= 15 is 0 Å². The van der Waals surface area contributed by atoms with Crippen molar-refractivity contribution in [2.24, 2.45) is 4.99 Å². The lowest BCUT2D eigenvalue weighted by Crippen LogP contribution is -2.19. The molecule has 2 aromatic carbocycles. The maximum atomic E-state index is 13.1. The molecule has 0 aliphatic rings. The lowest BCUT2D eigenvalue weighted by molar-refractivity contribution is -0.143. The number of rotatable bonds is 6. The first-order valence-electron chi connectivity index (χ1n) is 8.69. The van der Waals surface area contributed by atoms with Crippen molar-refractivity contribution in [3.05, 3.63) is 58.6 Å². The molecule has 6 nitrogen and oxygen atoms in total. The number of benzene rings is 2. The fourth-order valence-corrected chi connectivity index (χ4v) is 3.69. The van der Waals surface area contributed by atoms with Gasteiger partial charge in [-0.3, -0.25) is 9.59 Å². The van der Waals surface area contributed by atoms with E-state index in [9.17, 15) is 14.0 Å². The lowest BCUT2D eigenvalue weighted by atomic mass is 10.2. The van der Waals surface area contributed by atoms with Crippen molar-refractivity contribution in [3.63, 3.8) is 0 Å². The fraction of sp³-hybridized carbons (Fsp3) is 0.250. The van der Waals surface area contributed by atoms with Gasteiger partial charge in [0.1, 0.15) is 11.6 Å². The van der Waals surface area contributed by atoms with Gasteiger partial charge in [0.2, 0.25) is 0 Å². The number of nitrogens with zero attached hydrogens (tertiary/aromatic N) is 2. The number of esters is 1. The van der Waals surface area contributed by atoms with Crippen LogP contribution in [0.3, 0.4) is 0 Å². The van der Waals surface area contributed by atoms with Gasteiger partial charge in [-0.05, 0) is 43.3 Å². The minimum absolute atomic E-state index is 0.148. The van der Waals surface area contributed by atoms with Crippen LogP contribution in [0.25, 0.3) is 10.2 Å². The normalized spacial score (nSPS) is 11.6. The van der Waals surface area contributed by atoms with E-state index in [1.165, 1.54) is 35.6 Å². The van der Waals surface area contributed by atoms with Crippen LogP contribution in [-0.4, -0.2) is 30.2 Å². The number of halogens is 1. The molecular formula is C20H19FN2O4S. The number of fused-ring (bicyclic) bond motifs is 1. The molecule has 0 bridgehead atoms. The van der Waals surface area contributed by atoms with E-state index < -0.39 is 11.7 Å². The summed E-state index contributed by atoms with van der Waals surface area (Å²) >= 11 is 1.33. The Balaban J connectivity index is 2.04. The second kappa shape index (κ2) is 8.79. The van der Waals surface area contributed by atoms with Gasteiger partial charge in [-0.2, -0.15) is 4.99 Å². The Morgan fingerprint density at radius 3 is 2.61 bits per heavy atom. The molecule has 0 aliphatic heterocycles. The van der Waals surface area contributed by atoms with Gasteiger partial charge >= 0.3 is 5.97 Å². The van der Waals surface area contributed by atoms with Crippen molar-refractivity contribution in [1.82, 2.24) is 4.57 Å². The van der Waals surface area contributed by atoms with Crippen molar-refractivity contribution in [2.75, 3.05) is 13.7 Å². The Kier molecular flexibility index (Phi) is 6.20. The topological polar surface area (TPSA) is 69.9 Å². The van der Waals surface area contributed by atoms with Gasteiger partial charge in [0.25, 0.3) is 5.91 Å². The van der Waals surface area contributed by atoms with Gasteiger partial charge < -0.3 is 14.0 Å². The van der Waals surface area contributed by atoms with E-state index in [1.54, 1.807) is 18.6 Å². The molecule has 28 heavy (non-hydrogen) atoms. The van der Waals surface area contributed by atoms with Crippen LogP contribution < -0.4 is 9.54 Å². The Labute approximate surface area is 164 Å². The van der Waals surface area contributed by atoms with Crippen LogP contribution in [-0.2, 0) is 16.1 Å². The maximum absolute atomic E-state index is 13.1. The predicted octanol–water partition coefficient (Wildman–Crippen LogP) is 3.54. The van der Waals surface area contributed by atoms with Crippen molar-refractivity contribution in [3.8, 4) is 5.75 Å². The molecule has 0 saturated carbocycles. The maximum Gasteiger partial charge on any atom is 0.307 e. The molecule has 1 amide bonds. The molecule has 0 spiro atoms. The van der Waals surface area contributed by atoms with Crippen LogP contribution in [0.5, 0.6) is 5.75 Å². The van der Waals surface area contributed by atoms with Gasteiger partial charge in [-0.1, -0.05) is 11.3 Å². The molecule has 0 atom stereocenters. The van der Waals surface area contributed by atoms with Crippen LogP contribution in [0.1, 0.15) is 23.7 Å². The van der Waals surface area contributed by atoms with Crippen LogP contribution in [0.2, 0.25) is 0 Å². The van der Waals surface area contributed by atoms with Crippen molar-refractivity contribution < 1.29 is 23.5 Å². The third-order valence-corrected chi connectivity index (χ3v) is 5.08. The minimum Gasteiger partial charge on any atom is -0.497 e. The first-order valence-corrected chi connectivity index (χ1v) is 9.51. The third-order valence-electron chi connectivity index (χ3n) is 4.02. The van der Waals surface area contributed by atoms with Crippen LogP contribution in [0.4, 0.5) is 4.39 Å². The summed E-state index contributed by atoms with van der Waals surface area (Å²) in [6, 6.07) is 10.7. The van der Waals surface area contributed by atoms with E-state index in [2.05, 4.69) is 4.99 Å². The Hall–Kier alpha value is -3.00. The number of carbonyl (C=O) groups is 2. The van der Waals surface area contributed by atoms with Crippen LogP contribution >= 0.6 is 11.3 Å². The molecule has 1 heterocycles. The number of thiazole rings is 1. The molecule has 0 fully saturated rings. The van der Waals surface area contributed by atoms with Gasteiger partial charge in [0.15, 0.2) is 4.80 Å². The third kappa shape index (κ3) is 4.45. The van der Waals surface area contributed by atoms with Crippen molar-refractivity contribution in [2.45, 2.75) is 19.9 Å². The molecule has 1 aromatic heterocycles.